The fraction of sp³-hybridized carbons (Fsp3) is 0. The van der Waals surface area contributed by atoms with Gasteiger partial charge in [0.05, 0.1) is 5.69 Å². The third-order valence-electron chi connectivity index (χ3n) is 1.99. The Kier molecular flexibility index (Phi) is 2.99. The fourth-order valence-electron chi connectivity index (χ4n) is 1.23. The Morgan fingerprint density at radius 2 is 1.81 bits per heavy atom. The van der Waals surface area contributed by atoms with Crippen molar-refractivity contribution in [3.63, 3.8) is 0 Å². The Labute approximate surface area is 97.5 Å². The van der Waals surface area contributed by atoms with E-state index in [1.54, 1.807) is 30.5 Å². The van der Waals surface area contributed by atoms with Crippen molar-refractivity contribution in [2.24, 2.45) is 0 Å². The van der Waals surface area contributed by atoms with Gasteiger partial charge in [-0.1, -0.05) is 23.7 Å². The van der Waals surface area contributed by atoms with E-state index < -0.39 is 0 Å². The van der Waals surface area contributed by atoms with Gasteiger partial charge in [-0.15, -0.1) is 10.2 Å². The summed E-state index contributed by atoms with van der Waals surface area (Å²) in [6, 6.07) is 10.8. The van der Waals surface area contributed by atoms with E-state index in [4.69, 9.17) is 16.9 Å². The van der Waals surface area contributed by atoms with Crippen LogP contribution < -0.4 is 5.32 Å². The molecule has 2 aromatic rings. The molecular weight excluding hydrogens is 224 g/mol. The van der Waals surface area contributed by atoms with Crippen LogP contribution >= 0.6 is 11.6 Å². The van der Waals surface area contributed by atoms with Crippen LogP contribution in [0, 0.1) is 11.5 Å². The first-order chi connectivity index (χ1) is 7.79. The van der Waals surface area contributed by atoms with Crippen molar-refractivity contribution < 1.29 is 0 Å². The number of nitrogens with zero attached hydrogens (tertiary/aromatic N) is 3. The van der Waals surface area contributed by atoms with Crippen LogP contribution in [0.25, 0.3) is 11.3 Å². The molecule has 1 N–H and O–H groups in total. The van der Waals surface area contributed by atoms with Crippen molar-refractivity contribution in [2.45, 2.75) is 0 Å². The molecule has 1 heterocycles. The van der Waals surface area contributed by atoms with E-state index in [-0.39, 0.29) is 0 Å². The molecule has 1 aromatic heterocycles. The highest BCUT2D eigenvalue weighted by Gasteiger charge is 2.00. The summed E-state index contributed by atoms with van der Waals surface area (Å²) in [5.74, 6) is 0.431. The normalized spacial score (nSPS) is 9.50. The minimum absolute atomic E-state index is 0.431. The monoisotopic (exact) mass is 230 g/mol. The van der Waals surface area contributed by atoms with Gasteiger partial charge in [0.1, 0.15) is 0 Å². The topological polar surface area (TPSA) is 61.6 Å². The summed E-state index contributed by atoms with van der Waals surface area (Å²) in [5, 5.41) is 19.3. The summed E-state index contributed by atoms with van der Waals surface area (Å²) in [4.78, 5) is 0. The van der Waals surface area contributed by atoms with Gasteiger partial charge in [-0.05, 0) is 24.3 Å². The number of hydrogen-bond acceptors (Lipinski definition) is 4. The Morgan fingerprint density at radius 1 is 1.06 bits per heavy atom. The van der Waals surface area contributed by atoms with Gasteiger partial charge in [-0.2, -0.15) is 5.26 Å². The molecule has 0 spiro atoms. The van der Waals surface area contributed by atoms with Crippen molar-refractivity contribution in [3.05, 3.63) is 41.4 Å². The maximum Gasteiger partial charge on any atom is 0.182 e. The van der Waals surface area contributed by atoms with E-state index >= 15 is 0 Å². The summed E-state index contributed by atoms with van der Waals surface area (Å²) in [7, 11) is 0. The zero-order valence-corrected chi connectivity index (χ0v) is 8.94. The molecule has 2 rings (SSSR count). The van der Waals surface area contributed by atoms with Crippen molar-refractivity contribution in [1.82, 2.24) is 10.2 Å². The lowest BCUT2D eigenvalue weighted by Crippen LogP contribution is -1.94. The lowest BCUT2D eigenvalue weighted by atomic mass is 10.1. The standard InChI is InChI=1S/C11H7ClN4/c12-9-3-1-8(2-4-9)10-5-6-11(14-7-13)16-15-10/h1-6H,(H,14,16). The molecule has 0 fully saturated rings. The highest BCUT2D eigenvalue weighted by Crippen LogP contribution is 2.19. The molecule has 0 amide bonds. The van der Waals surface area contributed by atoms with E-state index in [0.717, 1.165) is 11.3 Å². The Hall–Kier alpha value is -2.12. The number of aromatic nitrogens is 2. The summed E-state index contributed by atoms with van der Waals surface area (Å²) in [5.41, 5.74) is 1.67. The molecule has 1 aromatic carbocycles. The first-order valence-corrected chi connectivity index (χ1v) is 4.92. The second kappa shape index (κ2) is 4.60. The molecule has 5 heteroatoms. The molecule has 0 aliphatic rings. The first kappa shape index (κ1) is 10.4. The van der Waals surface area contributed by atoms with Crippen LogP contribution in [-0.4, -0.2) is 10.2 Å². The fourth-order valence-corrected chi connectivity index (χ4v) is 1.36. The van der Waals surface area contributed by atoms with Crippen LogP contribution in [0.1, 0.15) is 0 Å². The van der Waals surface area contributed by atoms with Gasteiger partial charge in [0, 0.05) is 10.6 Å². The van der Waals surface area contributed by atoms with Gasteiger partial charge in [0.2, 0.25) is 0 Å². The lowest BCUT2D eigenvalue weighted by Gasteiger charge is -2.00. The van der Waals surface area contributed by atoms with Gasteiger partial charge in [0.15, 0.2) is 12.0 Å². The van der Waals surface area contributed by atoms with Crippen LogP contribution in [0.5, 0.6) is 0 Å². The summed E-state index contributed by atoms with van der Waals surface area (Å²) in [6.45, 7) is 0. The molecule has 0 aliphatic heterocycles. The summed E-state index contributed by atoms with van der Waals surface area (Å²) < 4.78 is 0. The number of anilines is 1. The van der Waals surface area contributed by atoms with Gasteiger partial charge in [-0.3, -0.25) is 5.32 Å². The number of rotatable bonds is 2. The molecule has 0 aliphatic carbocycles. The number of benzene rings is 1. The average molecular weight is 231 g/mol. The van der Waals surface area contributed by atoms with Crippen LogP contribution in [0.3, 0.4) is 0 Å². The quantitative estimate of drug-likeness (QED) is 0.637. The minimum Gasteiger partial charge on any atom is -0.275 e. The van der Waals surface area contributed by atoms with Crippen molar-refractivity contribution in [1.29, 1.82) is 5.26 Å². The molecular formula is C11H7ClN4. The molecule has 16 heavy (non-hydrogen) atoms. The zero-order valence-electron chi connectivity index (χ0n) is 8.18. The third kappa shape index (κ3) is 2.27. The van der Waals surface area contributed by atoms with Crippen molar-refractivity contribution in [2.75, 3.05) is 5.32 Å². The van der Waals surface area contributed by atoms with Crippen LogP contribution in [0.4, 0.5) is 5.82 Å². The molecule has 78 valence electrons. The molecule has 0 unspecified atom stereocenters. The SMILES string of the molecule is N#CNc1ccc(-c2ccc(Cl)cc2)nn1. The molecule has 0 saturated heterocycles. The van der Waals surface area contributed by atoms with Crippen LogP contribution in [0.2, 0.25) is 5.02 Å². The number of hydrogen-bond donors (Lipinski definition) is 1. The molecule has 4 nitrogen and oxygen atoms in total. The lowest BCUT2D eigenvalue weighted by molar-refractivity contribution is 1.04. The predicted octanol–water partition coefficient (Wildman–Crippen LogP) is 2.69. The number of nitriles is 1. The molecule has 0 saturated carbocycles. The molecule has 0 bridgehead atoms. The Bertz CT molecular complexity index is 513. The largest absolute Gasteiger partial charge is 0.275 e. The number of nitrogens with one attached hydrogen (secondary N) is 1. The first-order valence-electron chi connectivity index (χ1n) is 4.54. The van der Waals surface area contributed by atoms with E-state index in [2.05, 4.69) is 15.5 Å². The second-order valence-electron chi connectivity index (χ2n) is 3.05. The number of halogens is 1. The zero-order chi connectivity index (χ0) is 11.4. The second-order valence-corrected chi connectivity index (χ2v) is 3.48. The van der Waals surface area contributed by atoms with Gasteiger partial charge >= 0.3 is 0 Å². The third-order valence-corrected chi connectivity index (χ3v) is 2.24. The predicted molar refractivity (Wildman–Crippen MR) is 61.7 cm³/mol. The van der Waals surface area contributed by atoms with Crippen LogP contribution in [0.15, 0.2) is 36.4 Å². The maximum atomic E-state index is 8.39. The van der Waals surface area contributed by atoms with E-state index in [0.29, 0.717) is 10.8 Å². The van der Waals surface area contributed by atoms with Gasteiger partial charge < -0.3 is 0 Å². The highest BCUT2D eigenvalue weighted by molar-refractivity contribution is 6.30. The highest BCUT2D eigenvalue weighted by atomic mass is 35.5. The average Bonchev–Trinajstić information content (AvgIpc) is 2.32. The summed E-state index contributed by atoms with van der Waals surface area (Å²) in [6.07, 6.45) is 1.78. The molecule has 0 radical (unpaired) electrons. The molecule has 0 atom stereocenters. The van der Waals surface area contributed by atoms with E-state index in [9.17, 15) is 0 Å². The van der Waals surface area contributed by atoms with Crippen LogP contribution in [-0.2, 0) is 0 Å². The van der Waals surface area contributed by atoms with Gasteiger partial charge in [-0.25, -0.2) is 0 Å². The van der Waals surface area contributed by atoms with Gasteiger partial charge in [0.25, 0.3) is 0 Å². The van der Waals surface area contributed by atoms with Crippen molar-refractivity contribution in [3.8, 4) is 17.5 Å². The summed E-state index contributed by atoms with van der Waals surface area (Å²) >= 11 is 5.78. The minimum atomic E-state index is 0.431. The van der Waals surface area contributed by atoms with E-state index in [1.165, 1.54) is 0 Å². The van der Waals surface area contributed by atoms with Crippen molar-refractivity contribution >= 4 is 17.4 Å². The van der Waals surface area contributed by atoms with E-state index in [1.807, 2.05) is 12.1 Å². The smallest absolute Gasteiger partial charge is 0.182 e. The Balaban J connectivity index is 2.28. The maximum absolute atomic E-state index is 8.39. The Morgan fingerprint density at radius 3 is 2.38 bits per heavy atom.